The molecule has 1 saturated carbocycles. The Balaban J connectivity index is 1.46. The smallest absolute Gasteiger partial charge is 0.255 e. The van der Waals surface area contributed by atoms with Gasteiger partial charge in [0.25, 0.3) is 11.5 Å². The number of nitrogens with zero attached hydrogens (tertiary/aromatic N) is 2. The van der Waals surface area contributed by atoms with E-state index in [1.807, 2.05) is 24.3 Å². The number of halogens is 1. The Morgan fingerprint density at radius 2 is 2.00 bits per heavy atom. The van der Waals surface area contributed by atoms with E-state index in [1.54, 1.807) is 31.6 Å². The highest BCUT2D eigenvalue weighted by Crippen LogP contribution is 2.25. The van der Waals surface area contributed by atoms with Crippen molar-refractivity contribution in [3.8, 4) is 11.1 Å². The molecule has 166 valence electrons. The topological polar surface area (TPSA) is 99.2 Å². The summed E-state index contributed by atoms with van der Waals surface area (Å²) in [5.74, 6) is -0.134. The summed E-state index contributed by atoms with van der Waals surface area (Å²) in [7, 11) is 1.68. The molecule has 1 fully saturated rings. The lowest BCUT2D eigenvalue weighted by atomic mass is 10.1. The van der Waals surface area contributed by atoms with Gasteiger partial charge in [-0.2, -0.15) is 0 Å². The van der Waals surface area contributed by atoms with E-state index in [4.69, 9.17) is 10.5 Å². The zero-order valence-electron chi connectivity index (χ0n) is 17.8. The minimum Gasteiger partial charge on any atom is -0.383 e. The van der Waals surface area contributed by atoms with Crippen LogP contribution in [0.3, 0.4) is 0 Å². The van der Waals surface area contributed by atoms with E-state index in [0.717, 1.165) is 29.3 Å². The van der Waals surface area contributed by atoms with Crippen LogP contribution in [0.25, 0.3) is 11.1 Å². The van der Waals surface area contributed by atoms with Gasteiger partial charge in [0.2, 0.25) is 0 Å². The third kappa shape index (κ3) is 5.08. The van der Waals surface area contributed by atoms with Gasteiger partial charge in [-0.1, -0.05) is 28.1 Å². The molecular formula is C24H25BrN4O3. The lowest BCUT2D eigenvalue weighted by molar-refractivity contribution is 0.0272. The summed E-state index contributed by atoms with van der Waals surface area (Å²) in [6, 6.07) is 12.9. The zero-order valence-corrected chi connectivity index (χ0v) is 19.3. The number of amides is 1. The van der Waals surface area contributed by atoms with Crippen molar-refractivity contribution in [2.75, 3.05) is 5.73 Å². The quantitative estimate of drug-likeness (QED) is 0.542. The van der Waals surface area contributed by atoms with Crippen LogP contribution in [0.2, 0.25) is 0 Å². The summed E-state index contributed by atoms with van der Waals surface area (Å²) >= 11 is 3.43. The molecule has 3 aromatic rings. The standard InChI is InChI=1S/C24H25BrN4O3/c1-29-10-9-16(12-22(29)30)17-11-19(23(26)27-13-17)24(31)28-20-3-2-4-21(20)32-14-15-5-7-18(25)8-6-15/h5-13,20-21H,2-4,14H2,1H3,(H2,26,27)(H,28,31)/t20-,21-/m0/s1. The Morgan fingerprint density at radius 1 is 1.22 bits per heavy atom. The third-order valence-electron chi connectivity index (χ3n) is 5.75. The van der Waals surface area contributed by atoms with E-state index in [-0.39, 0.29) is 29.4 Å². The Bertz CT molecular complexity index is 1180. The average Bonchev–Trinajstić information content (AvgIpc) is 3.22. The second kappa shape index (κ2) is 9.67. The number of ether oxygens (including phenoxy) is 1. The molecule has 2 heterocycles. The number of pyridine rings is 2. The summed E-state index contributed by atoms with van der Waals surface area (Å²) in [5, 5.41) is 3.07. The van der Waals surface area contributed by atoms with Crippen LogP contribution in [0.15, 0.2) is 64.1 Å². The molecule has 3 N–H and O–H groups in total. The number of nitrogen functional groups attached to an aromatic ring is 1. The van der Waals surface area contributed by atoms with Crippen LogP contribution in [-0.4, -0.2) is 27.6 Å². The first kappa shape index (κ1) is 22.2. The van der Waals surface area contributed by atoms with Crippen molar-refractivity contribution in [2.24, 2.45) is 7.05 Å². The molecule has 0 saturated heterocycles. The van der Waals surface area contributed by atoms with Crippen molar-refractivity contribution in [3.05, 3.63) is 80.8 Å². The molecule has 0 bridgehead atoms. The minimum atomic E-state index is -0.287. The number of carbonyl (C=O) groups excluding carboxylic acids is 1. The van der Waals surface area contributed by atoms with Crippen LogP contribution in [0.4, 0.5) is 5.82 Å². The van der Waals surface area contributed by atoms with Gasteiger partial charge in [0, 0.05) is 35.5 Å². The van der Waals surface area contributed by atoms with E-state index in [1.165, 1.54) is 10.6 Å². The van der Waals surface area contributed by atoms with E-state index < -0.39 is 0 Å². The van der Waals surface area contributed by atoms with Crippen LogP contribution in [0, 0.1) is 0 Å². The number of nitrogens with two attached hydrogens (primary N) is 1. The van der Waals surface area contributed by atoms with Crippen molar-refractivity contribution in [1.82, 2.24) is 14.9 Å². The molecule has 0 radical (unpaired) electrons. The van der Waals surface area contributed by atoms with Gasteiger partial charge in [-0.15, -0.1) is 0 Å². The Labute approximate surface area is 194 Å². The van der Waals surface area contributed by atoms with Crippen molar-refractivity contribution >= 4 is 27.7 Å². The molecule has 1 aliphatic carbocycles. The lowest BCUT2D eigenvalue weighted by Gasteiger charge is -2.22. The molecule has 1 amide bonds. The minimum absolute atomic E-state index is 0.0582. The molecule has 0 spiro atoms. The van der Waals surface area contributed by atoms with Gasteiger partial charge >= 0.3 is 0 Å². The summed E-state index contributed by atoms with van der Waals surface area (Å²) in [6.07, 6.45) is 5.91. The molecule has 7 nitrogen and oxygen atoms in total. The predicted octanol–water partition coefficient (Wildman–Crippen LogP) is 3.66. The highest BCUT2D eigenvalue weighted by molar-refractivity contribution is 9.10. The Morgan fingerprint density at radius 3 is 2.75 bits per heavy atom. The van der Waals surface area contributed by atoms with Gasteiger partial charge in [0.15, 0.2) is 0 Å². The maximum absolute atomic E-state index is 13.0. The SMILES string of the molecule is Cn1ccc(-c2cnc(N)c(C(=O)N[C@H]3CCC[C@@H]3OCc3ccc(Br)cc3)c2)cc1=O. The van der Waals surface area contributed by atoms with Crippen molar-refractivity contribution in [2.45, 2.75) is 38.0 Å². The number of rotatable bonds is 6. The third-order valence-corrected chi connectivity index (χ3v) is 6.28. The molecule has 0 unspecified atom stereocenters. The molecular weight excluding hydrogens is 472 g/mol. The first-order valence-corrected chi connectivity index (χ1v) is 11.3. The van der Waals surface area contributed by atoms with Crippen molar-refractivity contribution < 1.29 is 9.53 Å². The summed E-state index contributed by atoms with van der Waals surface area (Å²) in [5.41, 5.74) is 8.60. The number of hydrogen-bond donors (Lipinski definition) is 2. The largest absolute Gasteiger partial charge is 0.383 e. The molecule has 0 aliphatic heterocycles. The van der Waals surface area contributed by atoms with E-state index in [0.29, 0.717) is 23.3 Å². The molecule has 32 heavy (non-hydrogen) atoms. The van der Waals surface area contributed by atoms with Crippen LogP contribution in [0.1, 0.15) is 35.2 Å². The number of anilines is 1. The first-order chi connectivity index (χ1) is 15.4. The molecule has 1 aromatic carbocycles. The monoisotopic (exact) mass is 496 g/mol. The lowest BCUT2D eigenvalue weighted by Crippen LogP contribution is -2.41. The number of hydrogen-bond acceptors (Lipinski definition) is 5. The van der Waals surface area contributed by atoms with Crippen LogP contribution >= 0.6 is 15.9 Å². The molecule has 2 aromatic heterocycles. The van der Waals surface area contributed by atoms with Gasteiger partial charge in [-0.3, -0.25) is 9.59 Å². The van der Waals surface area contributed by atoms with Gasteiger partial charge in [0.1, 0.15) is 5.82 Å². The van der Waals surface area contributed by atoms with Gasteiger partial charge in [-0.25, -0.2) is 4.98 Å². The van der Waals surface area contributed by atoms with Crippen LogP contribution in [-0.2, 0) is 18.4 Å². The van der Waals surface area contributed by atoms with E-state index in [9.17, 15) is 9.59 Å². The maximum atomic E-state index is 13.0. The normalized spacial score (nSPS) is 17.9. The maximum Gasteiger partial charge on any atom is 0.255 e. The zero-order chi connectivity index (χ0) is 22.7. The molecule has 2 atom stereocenters. The first-order valence-electron chi connectivity index (χ1n) is 10.5. The fourth-order valence-electron chi connectivity index (χ4n) is 3.86. The number of nitrogens with one attached hydrogen (secondary N) is 1. The predicted molar refractivity (Wildman–Crippen MR) is 127 cm³/mol. The summed E-state index contributed by atoms with van der Waals surface area (Å²) < 4.78 is 8.62. The number of aryl methyl sites for hydroxylation is 1. The Kier molecular flexibility index (Phi) is 6.72. The highest BCUT2D eigenvalue weighted by atomic mass is 79.9. The number of aromatic nitrogens is 2. The highest BCUT2D eigenvalue weighted by Gasteiger charge is 2.30. The van der Waals surface area contributed by atoms with Gasteiger partial charge in [0.05, 0.1) is 24.3 Å². The molecule has 1 aliphatic rings. The van der Waals surface area contributed by atoms with E-state index >= 15 is 0 Å². The van der Waals surface area contributed by atoms with Crippen LogP contribution in [0.5, 0.6) is 0 Å². The fourth-order valence-corrected chi connectivity index (χ4v) is 4.13. The van der Waals surface area contributed by atoms with E-state index in [2.05, 4.69) is 26.2 Å². The summed E-state index contributed by atoms with van der Waals surface area (Å²) in [4.78, 5) is 29.2. The molecule has 8 heteroatoms. The molecule has 4 rings (SSSR count). The number of carbonyl (C=O) groups is 1. The van der Waals surface area contributed by atoms with Crippen molar-refractivity contribution in [3.63, 3.8) is 0 Å². The van der Waals surface area contributed by atoms with Gasteiger partial charge in [-0.05, 0) is 54.7 Å². The summed E-state index contributed by atoms with van der Waals surface area (Å²) in [6.45, 7) is 0.493. The Hall–Kier alpha value is -2.97. The van der Waals surface area contributed by atoms with Gasteiger partial charge < -0.3 is 20.4 Å². The number of benzene rings is 1. The second-order valence-corrected chi connectivity index (χ2v) is 8.92. The van der Waals surface area contributed by atoms with Crippen molar-refractivity contribution in [1.29, 1.82) is 0 Å². The fraction of sp³-hybridized carbons (Fsp3) is 0.292. The van der Waals surface area contributed by atoms with Crippen LogP contribution < -0.4 is 16.6 Å². The average molecular weight is 497 g/mol. The second-order valence-electron chi connectivity index (χ2n) is 8.01.